The minimum atomic E-state index is -0.576. The summed E-state index contributed by atoms with van der Waals surface area (Å²) in [6.07, 6.45) is 1.40. The smallest absolute Gasteiger partial charge is 0.266 e. The van der Waals surface area contributed by atoms with Crippen LogP contribution in [0.5, 0.6) is 17.2 Å². The zero-order chi connectivity index (χ0) is 24.5. The molecule has 6 nitrogen and oxygen atoms in total. The number of hydrogen-bond acceptors (Lipinski definition) is 5. The van der Waals surface area contributed by atoms with Gasteiger partial charge in [-0.15, -0.1) is 0 Å². The highest BCUT2D eigenvalue weighted by atomic mass is 35.5. The molecule has 0 spiro atoms. The van der Waals surface area contributed by atoms with Crippen molar-refractivity contribution in [1.82, 2.24) is 0 Å². The zero-order valence-electron chi connectivity index (χ0n) is 18.6. The first-order valence-corrected chi connectivity index (χ1v) is 10.7. The van der Waals surface area contributed by atoms with Crippen molar-refractivity contribution in [1.29, 1.82) is 5.26 Å². The number of anilines is 1. The van der Waals surface area contributed by atoms with Crippen molar-refractivity contribution in [3.8, 4) is 23.3 Å². The highest BCUT2D eigenvalue weighted by Crippen LogP contribution is 2.37. The summed E-state index contributed by atoms with van der Waals surface area (Å²) in [5.74, 6) is 0.306. The van der Waals surface area contributed by atoms with Crippen LogP contribution in [0.25, 0.3) is 6.08 Å². The van der Waals surface area contributed by atoms with Crippen molar-refractivity contribution in [2.45, 2.75) is 13.5 Å². The van der Waals surface area contributed by atoms with Crippen LogP contribution < -0.4 is 19.5 Å². The molecule has 3 aromatic rings. The number of amides is 1. The SMILES string of the molecule is CCOc1ccc(NC(=O)/C(C#N)=C\c2cc(Cl)c(OCc3cccc(F)c3)c(OC)c2)cc1. The van der Waals surface area contributed by atoms with E-state index in [4.69, 9.17) is 25.8 Å². The van der Waals surface area contributed by atoms with E-state index in [9.17, 15) is 14.4 Å². The molecule has 8 heteroatoms. The first kappa shape index (κ1) is 24.6. The molecule has 0 unspecified atom stereocenters. The third-order valence-corrected chi connectivity index (χ3v) is 4.90. The van der Waals surface area contributed by atoms with Crippen LogP contribution in [0.2, 0.25) is 5.02 Å². The molecule has 174 valence electrons. The molecule has 0 saturated carbocycles. The van der Waals surface area contributed by atoms with E-state index >= 15 is 0 Å². The second-order valence-corrected chi connectivity index (χ2v) is 7.44. The van der Waals surface area contributed by atoms with Crippen LogP contribution in [0.4, 0.5) is 10.1 Å². The fraction of sp³-hybridized carbons (Fsp3) is 0.154. The highest BCUT2D eigenvalue weighted by molar-refractivity contribution is 6.32. The Bertz CT molecular complexity index is 1240. The predicted molar refractivity (Wildman–Crippen MR) is 129 cm³/mol. The molecule has 1 amide bonds. The van der Waals surface area contributed by atoms with Crippen LogP contribution in [-0.2, 0) is 11.4 Å². The average Bonchev–Trinajstić information content (AvgIpc) is 2.83. The lowest BCUT2D eigenvalue weighted by Crippen LogP contribution is -2.13. The number of rotatable bonds is 9. The molecule has 3 rings (SSSR count). The quantitative estimate of drug-likeness (QED) is 0.299. The van der Waals surface area contributed by atoms with Gasteiger partial charge in [-0.2, -0.15) is 5.26 Å². The first-order valence-electron chi connectivity index (χ1n) is 10.3. The number of ether oxygens (including phenoxy) is 3. The Kier molecular flexibility index (Phi) is 8.49. The number of benzene rings is 3. The van der Waals surface area contributed by atoms with Gasteiger partial charge >= 0.3 is 0 Å². The van der Waals surface area contributed by atoms with Gasteiger partial charge in [-0.05, 0) is 72.7 Å². The van der Waals surface area contributed by atoms with Crippen molar-refractivity contribution in [3.63, 3.8) is 0 Å². The maximum absolute atomic E-state index is 13.4. The van der Waals surface area contributed by atoms with Crippen molar-refractivity contribution >= 4 is 29.3 Å². The minimum Gasteiger partial charge on any atom is -0.494 e. The Morgan fingerprint density at radius 3 is 2.56 bits per heavy atom. The molecule has 0 heterocycles. The zero-order valence-corrected chi connectivity index (χ0v) is 19.4. The topological polar surface area (TPSA) is 80.6 Å². The monoisotopic (exact) mass is 480 g/mol. The third kappa shape index (κ3) is 6.50. The van der Waals surface area contributed by atoms with Gasteiger partial charge in [0, 0.05) is 5.69 Å². The molecule has 0 atom stereocenters. The Labute approximate surface area is 202 Å². The number of nitrogens with zero attached hydrogens (tertiary/aromatic N) is 1. The van der Waals surface area contributed by atoms with Crippen LogP contribution in [0, 0.1) is 17.1 Å². The van der Waals surface area contributed by atoms with E-state index in [2.05, 4.69) is 5.32 Å². The first-order chi connectivity index (χ1) is 16.4. The lowest BCUT2D eigenvalue weighted by Gasteiger charge is -2.14. The van der Waals surface area contributed by atoms with Crippen molar-refractivity contribution in [2.75, 3.05) is 19.0 Å². The Morgan fingerprint density at radius 1 is 1.15 bits per heavy atom. The second-order valence-electron chi connectivity index (χ2n) is 7.03. The van der Waals surface area contributed by atoms with Gasteiger partial charge in [0.2, 0.25) is 0 Å². The number of carbonyl (C=O) groups excluding carboxylic acids is 1. The van der Waals surface area contributed by atoms with Crippen molar-refractivity contribution < 1.29 is 23.4 Å². The fourth-order valence-electron chi connectivity index (χ4n) is 3.06. The van der Waals surface area contributed by atoms with Crippen LogP contribution in [0.1, 0.15) is 18.1 Å². The maximum atomic E-state index is 13.4. The fourth-order valence-corrected chi connectivity index (χ4v) is 3.33. The normalized spacial score (nSPS) is 10.9. The van der Waals surface area contributed by atoms with Crippen molar-refractivity contribution in [2.24, 2.45) is 0 Å². The van der Waals surface area contributed by atoms with Gasteiger partial charge in [-0.3, -0.25) is 4.79 Å². The summed E-state index contributed by atoms with van der Waals surface area (Å²) < 4.78 is 29.9. The molecule has 0 radical (unpaired) electrons. The molecular weight excluding hydrogens is 459 g/mol. The predicted octanol–water partition coefficient (Wildman–Crippen LogP) is 6.01. The summed E-state index contributed by atoms with van der Waals surface area (Å²) in [5.41, 5.74) is 1.49. The van der Waals surface area contributed by atoms with E-state index < -0.39 is 5.91 Å². The number of hydrogen-bond donors (Lipinski definition) is 1. The van der Waals surface area contributed by atoms with Gasteiger partial charge in [0.1, 0.15) is 29.8 Å². The van der Waals surface area contributed by atoms with Crippen molar-refractivity contribution in [3.05, 3.63) is 88.2 Å². The van der Waals surface area contributed by atoms with Gasteiger partial charge < -0.3 is 19.5 Å². The largest absolute Gasteiger partial charge is 0.494 e. The van der Waals surface area contributed by atoms with Gasteiger partial charge in [0.25, 0.3) is 5.91 Å². The van der Waals surface area contributed by atoms with E-state index in [1.807, 2.05) is 13.0 Å². The summed E-state index contributed by atoms with van der Waals surface area (Å²) in [5, 5.41) is 12.4. The summed E-state index contributed by atoms with van der Waals surface area (Å²) in [6, 6.07) is 17.9. The van der Waals surface area contributed by atoms with Gasteiger partial charge in [0.05, 0.1) is 18.7 Å². The Morgan fingerprint density at radius 2 is 1.91 bits per heavy atom. The molecule has 0 aliphatic rings. The number of methoxy groups -OCH3 is 1. The van der Waals surface area contributed by atoms with Crippen LogP contribution >= 0.6 is 11.6 Å². The summed E-state index contributed by atoms with van der Waals surface area (Å²) >= 11 is 6.38. The maximum Gasteiger partial charge on any atom is 0.266 e. The molecule has 0 bridgehead atoms. The van der Waals surface area contributed by atoms with Gasteiger partial charge in [0.15, 0.2) is 11.5 Å². The molecule has 0 aliphatic carbocycles. The third-order valence-electron chi connectivity index (χ3n) is 4.62. The molecule has 0 saturated heterocycles. The molecular formula is C26H22ClFN2O4. The summed E-state index contributed by atoms with van der Waals surface area (Å²) in [4.78, 5) is 12.6. The summed E-state index contributed by atoms with van der Waals surface area (Å²) in [7, 11) is 1.44. The minimum absolute atomic E-state index is 0.0803. The van der Waals surface area contributed by atoms with E-state index in [1.165, 1.54) is 25.3 Å². The second kappa shape index (κ2) is 11.7. The number of nitrogens with one attached hydrogen (secondary N) is 1. The molecule has 1 N–H and O–H groups in total. The van der Waals surface area contributed by atoms with Gasteiger partial charge in [-0.1, -0.05) is 23.7 Å². The van der Waals surface area contributed by atoms with Crippen LogP contribution in [-0.4, -0.2) is 19.6 Å². The van der Waals surface area contributed by atoms with Crippen LogP contribution in [0.15, 0.2) is 66.2 Å². The van der Waals surface area contributed by atoms with Gasteiger partial charge in [-0.25, -0.2) is 4.39 Å². The van der Waals surface area contributed by atoms with E-state index in [-0.39, 0.29) is 28.8 Å². The van der Waals surface area contributed by atoms with E-state index in [0.717, 1.165) is 0 Å². The van der Waals surface area contributed by atoms with E-state index in [0.29, 0.717) is 34.9 Å². The number of nitriles is 1. The summed E-state index contributed by atoms with van der Waals surface area (Å²) in [6.45, 7) is 2.49. The Balaban J connectivity index is 1.77. The molecule has 0 fully saturated rings. The average molecular weight is 481 g/mol. The molecule has 3 aromatic carbocycles. The molecule has 34 heavy (non-hydrogen) atoms. The Hall–Kier alpha value is -4.02. The highest BCUT2D eigenvalue weighted by Gasteiger charge is 2.15. The lowest BCUT2D eigenvalue weighted by molar-refractivity contribution is -0.112. The number of halogens is 2. The van der Waals surface area contributed by atoms with Crippen LogP contribution in [0.3, 0.4) is 0 Å². The van der Waals surface area contributed by atoms with E-state index in [1.54, 1.807) is 48.5 Å². The lowest BCUT2D eigenvalue weighted by atomic mass is 10.1. The molecule has 0 aromatic heterocycles. The number of carbonyl (C=O) groups is 1. The molecule has 0 aliphatic heterocycles. The standard InChI is InChI=1S/C26H22ClFN2O4/c1-3-33-22-9-7-21(8-10-22)30-26(31)19(15-29)11-18-13-23(27)25(24(14-18)32-2)34-16-17-5-4-6-20(28)12-17/h4-14H,3,16H2,1-2H3,(H,30,31)/b19-11-.